The van der Waals surface area contributed by atoms with E-state index < -0.39 is 0 Å². The van der Waals surface area contributed by atoms with Crippen LogP contribution in [0, 0.1) is 0 Å². The summed E-state index contributed by atoms with van der Waals surface area (Å²) in [6, 6.07) is 10.8. The van der Waals surface area contributed by atoms with Crippen LogP contribution < -0.4 is 5.32 Å². The van der Waals surface area contributed by atoms with Crippen molar-refractivity contribution in [1.82, 2.24) is 15.1 Å². The van der Waals surface area contributed by atoms with E-state index in [0.29, 0.717) is 25.6 Å². The molecule has 3 fully saturated rings. The third kappa shape index (κ3) is 3.70. The molecule has 3 saturated heterocycles. The number of carbonyl (C=O) groups excluding carboxylic acids is 2. The van der Waals surface area contributed by atoms with Gasteiger partial charge in [-0.2, -0.15) is 0 Å². The van der Waals surface area contributed by atoms with E-state index in [9.17, 15) is 9.59 Å². The molecule has 0 unspecified atom stereocenters. The van der Waals surface area contributed by atoms with E-state index in [4.69, 9.17) is 4.74 Å². The lowest BCUT2D eigenvalue weighted by atomic mass is 10.1. The number of morpholine rings is 1. The maximum absolute atomic E-state index is 12.2. The van der Waals surface area contributed by atoms with Gasteiger partial charge in [0, 0.05) is 38.1 Å². The minimum absolute atomic E-state index is 0.0411. The Bertz CT molecular complexity index is 636. The van der Waals surface area contributed by atoms with Gasteiger partial charge in [0.05, 0.1) is 19.3 Å². The van der Waals surface area contributed by atoms with Gasteiger partial charge in [-0.1, -0.05) is 30.3 Å². The molecule has 6 heteroatoms. The standard InChI is InChI=1S/C19H25N3O3/c23-18(12-21-8-4-7-19(21)24)20-15-9-16-13-25-17(11-22(16)10-15)14-5-2-1-3-6-14/h1-3,5-6,15-17H,4,7-13H2,(H,20,23)/t15-,16+,17-/m1/s1. The third-order valence-corrected chi connectivity index (χ3v) is 5.46. The topological polar surface area (TPSA) is 61.9 Å². The van der Waals surface area contributed by atoms with Gasteiger partial charge in [0.25, 0.3) is 0 Å². The fourth-order valence-corrected chi connectivity index (χ4v) is 4.17. The maximum Gasteiger partial charge on any atom is 0.239 e. The highest BCUT2D eigenvalue weighted by atomic mass is 16.5. The minimum atomic E-state index is -0.0411. The van der Waals surface area contributed by atoms with Crippen LogP contribution in [0.5, 0.6) is 0 Å². The molecule has 0 aromatic heterocycles. The Morgan fingerprint density at radius 1 is 1.24 bits per heavy atom. The zero-order chi connectivity index (χ0) is 17.2. The van der Waals surface area contributed by atoms with E-state index in [1.54, 1.807) is 4.90 Å². The molecule has 2 amide bonds. The molecule has 3 atom stereocenters. The van der Waals surface area contributed by atoms with Crippen molar-refractivity contribution >= 4 is 11.8 Å². The van der Waals surface area contributed by atoms with Gasteiger partial charge in [0.15, 0.2) is 0 Å². The van der Waals surface area contributed by atoms with Crippen molar-refractivity contribution in [1.29, 1.82) is 0 Å². The Morgan fingerprint density at radius 3 is 2.84 bits per heavy atom. The van der Waals surface area contributed by atoms with E-state index in [2.05, 4.69) is 22.3 Å². The molecule has 0 bridgehead atoms. The van der Waals surface area contributed by atoms with Crippen molar-refractivity contribution in [2.45, 2.75) is 37.5 Å². The lowest BCUT2D eigenvalue weighted by molar-refractivity contribution is -0.133. The lowest BCUT2D eigenvalue weighted by Gasteiger charge is -2.35. The first-order valence-electron chi connectivity index (χ1n) is 9.17. The van der Waals surface area contributed by atoms with E-state index in [-0.39, 0.29) is 30.5 Å². The zero-order valence-corrected chi connectivity index (χ0v) is 14.4. The summed E-state index contributed by atoms with van der Waals surface area (Å²) in [5.41, 5.74) is 1.21. The van der Waals surface area contributed by atoms with E-state index in [0.717, 1.165) is 25.9 Å². The van der Waals surface area contributed by atoms with Crippen LogP contribution in [-0.2, 0) is 14.3 Å². The van der Waals surface area contributed by atoms with Gasteiger partial charge < -0.3 is 15.0 Å². The smallest absolute Gasteiger partial charge is 0.239 e. The number of rotatable bonds is 4. The SMILES string of the molecule is O=C(CN1CCCC1=O)N[C@@H]1C[C@H]2CO[C@@H](c3ccccc3)CN2C1. The fraction of sp³-hybridized carbons (Fsp3) is 0.579. The molecule has 0 aliphatic carbocycles. The average molecular weight is 343 g/mol. The van der Waals surface area contributed by atoms with Gasteiger partial charge in [0.2, 0.25) is 11.8 Å². The number of hydrogen-bond donors (Lipinski definition) is 1. The molecular formula is C19H25N3O3. The Morgan fingerprint density at radius 2 is 2.08 bits per heavy atom. The quantitative estimate of drug-likeness (QED) is 0.884. The Hall–Kier alpha value is -1.92. The normalized spacial score (nSPS) is 29.7. The number of amides is 2. The predicted octanol–water partition coefficient (Wildman–Crippen LogP) is 0.939. The molecule has 0 spiro atoms. The molecule has 0 radical (unpaired) electrons. The summed E-state index contributed by atoms with van der Waals surface area (Å²) in [5, 5.41) is 3.11. The number of fused-ring (bicyclic) bond motifs is 1. The molecule has 134 valence electrons. The largest absolute Gasteiger partial charge is 0.371 e. The van der Waals surface area contributed by atoms with Crippen molar-refractivity contribution in [3.8, 4) is 0 Å². The number of benzene rings is 1. The van der Waals surface area contributed by atoms with Crippen molar-refractivity contribution in [3.05, 3.63) is 35.9 Å². The minimum Gasteiger partial charge on any atom is -0.371 e. The summed E-state index contributed by atoms with van der Waals surface area (Å²) in [6.45, 7) is 3.33. The molecule has 3 heterocycles. The van der Waals surface area contributed by atoms with Gasteiger partial charge in [-0.05, 0) is 18.4 Å². The van der Waals surface area contributed by atoms with Crippen LogP contribution in [0.2, 0.25) is 0 Å². The van der Waals surface area contributed by atoms with Crippen molar-refractivity contribution in [2.75, 3.05) is 32.8 Å². The van der Waals surface area contributed by atoms with Gasteiger partial charge in [-0.3, -0.25) is 14.5 Å². The van der Waals surface area contributed by atoms with Crippen molar-refractivity contribution in [3.63, 3.8) is 0 Å². The average Bonchev–Trinajstić information content (AvgIpc) is 3.20. The molecular weight excluding hydrogens is 318 g/mol. The Kier molecular flexibility index (Phi) is 4.72. The second-order valence-corrected chi connectivity index (χ2v) is 7.26. The molecule has 1 aromatic rings. The molecule has 1 aromatic carbocycles. The highest BCUT2D eigenvalue weighted by Gasteiger charge is 2.38. The Balaban J connectivity index is 1.29. The first-order valence-corrected chi connectivity index (χ1v) is 9.17. The first kappa shape index (κ1) is 16.5. The van der Waals surface area contributed by atoms with Crippen LogP contribution in [0.15, 0.2) is 30.3 Å². The molecule has 3 aliphatic rings. The van der Waals surface area contributed by atoms with Crippen LogP contribution in [0.3, 0.4) is 0 Å². The molecule has 1 N–H and O–H groups in total. The lowest BCUT2D eigenvalue weighted by Crippen LogP contribution is -2.44. The molecule has 25 heavy (non-hydrogen) atoms. The van der Waals surface area contributed by atoms with E-state index >= 15 is 0 Å². The number of ether oxygens (including phenoxy) is 1. The number of nitrogens with zero attached hydrogens (tertiary/aromatic N) is 2. The van der Waals surface area contributed by atoms with E-state index in [1.165, 1.54) is 5.56 Å². The highest BCUT2D eigenvalue weighted by molar-refractivity contribution is 5.86. The third-order valence-electron chi connectivity index (χ3n) is 5.46. The molecule has 6 nitrogen and oxygen atoms in total. The van der Waals surface area contributed by atoms with Crippen LogP contribution >= 0.6 is 0 Å². The second-order valence-electron chi connectivity index (χ2n) is 7.26. The predicted molar refractivity (Wildman–Crippen MR) is 92.9 cm³/mol. The maximum atomic E-state index is 12.2. The van der Waals surface area contributed by atoms with Crippen molar-refractivity contribution < 1.29 is 14.3 Å². The van der Waals surface area contributed by atoms with Gasteiger partial charge in [-0.25, -0.2) is 0 Å². The summed E-state index contributed by atoms with van der Waals surface area (Å²) in [7, 11) is 0. The van der Waals surface area contributed by atoms with Crippen LogP contribution in [-0.4, -0.2) is 66.5 Å². The fourth-order valence-electron chi connectivity index (χ4n) is 4.17. The summed E-state index contributed by atoms with van der Waals surface area (Å²) >= 11 is 0. The second kappa shape index (κ2) is 7.14. The van der Waals surface area contributed by atoms with Crippen LogP contribution in [0.25, 0.3) is 0 Å². The van der Waals surface area contributed by atoms with Gasteiger partial charge in [0.1, 0.15) is 0 Å². The summed E-state index contributed by atoms with van der Waals surface area (Å²) < 4.78 is 6.05. The number of nitrogens with one attached hydrogen (secondary N) is 1. The van der Waals surface area contributed by atoms with Crippen LogP contribution in [0.1, 0.15) is 30.9 Å². The highest BCUT2D eigenvalue weighted by Crippen LogP contribution is 2.30. The number of carbonyl (C=O) groups is 2. The molecule has 4 rings (SSSR count). The first-order chi connectivity index (χ1) is 12.2. The molecule has 3 aliphatic heterocycles. The Labute approximate surface area is 148 Å². The molecule has 0 saturated carbocycles. The van der Waals surface area contributed by atoms with Crippen molar-refractivity contribution in [2.24, 2.45) is 0 Å². The summed E-state index contributed by atoms with van der Waals surface area (Å²) in [5.74, 6) is 0.0544. The summed E-state index contributed by atoms with van der Waals surface area (Å²) in [4.78, 5) is 28.0. The van der Waals surface area contributed by atoms with Crippen LogP contribution in [0.4, 0.5) is 0 Å². The zero-order valence-electron chi connectivity index (χ0n) is 14.4. The van der Waals surface area contributed by atoms with Gasteiger partial charge in [-0.15, -0.1) is 0 Å². The summed E-state index contributed by atoms with van der Waals surface area (Å²) in [6.07, 6.45) is 2.46. The monoisotopic (exact) mass is 343 g/mol. The number of hydrogen-bond acceptors (Lipinski definition) is 4. The van der Waals surface area contributed by atoms with E-state index in [1.807, 2.05) is 18.2 Å². The van der Waals surface area contributed by atoms with Gasteiger partial charge >= 0.3 is 0 Å². The number of likely N-dealkylation sites (tertiary alicyclic amines) is 1.